The van der Waals surface area contributed by atoms with Gasteiger partial charge in [-0.1, -0.05) is 12.1 Å². The van der Waals surface area contributed by atoms with Crippen LogP contribution in [0.15, 0.2) is 48.5 Å². The summed E-state index contributed by atoms with van der Waals surface area (Å²) in [7, 11) is 1.61. The largest absolute Gasteiger partial charge is 0.497 e. The summed E-state index contributed by atoms with van der Waals surface area (Å²) in [5.74, 6) is 2.86. The number of amides is 1. The number of carbonyl (C=O) groups is 1. The quantitative estimate of drug-likeness (QED) is 0.570. The molecular formula is C21H25N3O3S. The molecule has 0 saturated carbocycles. The number of nitrogens with zero attached hydrogens (tertiary/aromatic N) is 1. The van der Waals surface area contributed by atoms with Crippen LogP contribution in [-0.2, 0) is 4.79 Å². The molecule has 1 heterocycles. The first kappa shape index (κ1) is 20.1. The lowest BCUT2D eigenvalue weighted by Crippen LogP contribution is -2.39. The van der Waals surface area contributed by atoms with Crippen molar-refractivity contribution in [3.63, 3.8) is 0 Å². The van der Waals surface area contributed by atoms with Gasteiger partial charge in [0.25, 0.3) is 5.91 Å². The highest BCUT2D eigenvalue weighted by atomic mass is 32.2. The highest BCUT2D eigenvalue weighted by Crippen LogP contribution is 2.21. The maximum absolute atomic E-state index is 12.7. The van der Waals surface area contributed by atoms with Gasteiger partial charge in [0, 0.05) is 0 Å². The molecule has 2 atom stereocenters. The van der Waals surface area contributed by atoms with Crippen molar-refractivity contribution in [2.45, 2.75) is 25.5 Å². The molecule has 3 aromatic rings. The summed E-state index contributed by atoms with van der Waals surface area (Å²) in [6.45, 7) is 1.74. The van der Waals surface area contributed by atoms with E-state index in [9.17, 15) is 4.79 Å². The second-order valence-corrected chi connectivity index (χ2v) is 7.40. The summed E-state index contributed by atoms with van der Waals surface area (Å²) in [6, 6.07) is 14.8. The first-order chi connectivity index (χ1) is 13.6. The van der Waals surface area contributed by atoms with Gasteiger partial charge < -0.3 is 19.8 Å². The van der Waals surface area contributed by atoms with Crippen molar-refractivity contribution >= 4 is 28.7 Å². The van der Waals surface area contributed by atoms with Gasteiger partial charge in [0.1, 0.15) is 17.3 Å². The SMILES string of the molecule is COc1ccc(O[C@H](C)C(=O)N[C@@H](CCSC)c2nc3ccccc3[nH]2)cc1. The third-order valence-electron chi connectivity index (χ3n) is 4.41. The Hall–Kier alpha value is -2.67. The fraction of sp³-hybridized carbons (Fsp3) is 0.333. The van der Waals surface area contributed by atoms with Crippen molar-refractivity contribution in [1.82, 2.24) is 15.3 Å². The monoisotopic (exact) mass is 399 g/mol. The molecule has 0 aliphatic heterocycles. The number of ether oxygens (including phenoxy) is 2. The molecule has 6 nitrogen and oxygen atoms in total. The van der Waals surface area contributed by atoms with Crippen LogP contribution in [0.5, 0.6) is 11.5 Å². The van der Waals surface area contributed by atoms with Crippen LogP contribution in [0.1, 0.15) is 25.2 Å². The molecule has 0 radical (unpaired) electrons. The molecule has 1 amide bonds. The fourth-order valence-corrected chi connectivity index (χ4v) is 3.32. The Bertz CT molecular complexity index is 878. The molecule has 0 saturated heterocycles. The summed E-state index contributed by atoms with van der Waals surface area (Å²) in [5, 5.41) is 3.08. The van der Waals surface area contributed by atoms with E-state index in [1.54, 1.807) is 50.1 Å². The van der Waals surface area contributed by atoms with Crippen LogP contribution in [0.2, 0.25) is 0 Å². The van der Waals surface area contributed by atoms with Crippen molar-refractivity contribution in [3.05, 3.63) is 54.4 Å². The highest BCUT2D eigenvalue weighted by molar-refractivity contribution is 7.98. The second kappa shape index (κ2) is 9.50. The van der Waals surface area contributed by atoms with E-state index in [-0.39, 0.29) is 11.9 Å². The molecule has 2 aromatic carbocycles. The number of para-hydroxylation sites is 2. The molecule has 0 bridgehead atoms. The maximum Gasteiger partial charge on any atom is 0.261 e. The van der Waals surface area contributed by atoms with Gasteiger partial charge in [-0.2, -0.15) is 11.8 Å². The first-order valence-electron chi connectivity index (χ1n) is 9.15. The molecule has 7 heteroatoms. The van der Waals surface area contributed by atoms with Gasteiger partial charge in [-0.15, -0.1) is 0 Å². The molecule has 0 aliphatic rings. The number of aromatic nitrogens is 2. The van der Waals surface area contributed by atoms with Crippen molar-refractivity contribution < 1.29 is 14.3 Å². The Kier molecular flexibility index (Phi) is 6.81. The number of imidazole rings is 1. The van der Waals surface area contributed by atoms with E-state index in [2.05, 4.69) is 15.3 Å². The van der Waals surface area contributed by atoms with Crippen molar-refractivity contribution in [2.24, 2.45) is 0 Å². The standard InChI is InChI=1S/C21H25N3O3S/c1-14(27-16-10-8-15(26-2)9-11-16)21(25)24-19(12-13-28-3)20-22-17-6-4-5-7-18(17)23-20/h4-11,14,19H,12-13H2,1-3H3,(H,22,23)(H,24,25)/t14-,19+/m1/s1. The van der Waals surface area contributed by atoms with Gasteiger partial charge in [-0.05, 0) is 61.8 Å². The minimum absolute atomic E-state index is 0.178. The van der Waals surface area contributed by atoms with Crippen LogP contribution < -0.4 is 14.8 Å². The molecule has 2 N–H and O–H groups in total. The van der Waals surface area contributed by atoms with Gasteiger partial charge >= 0.3 is 0 Å². The number of benzene rings is 2. The van der Waals surface area contributed by atoms with Crippen molar-refractivity contribution in [1.29, 1.82) is 0 Å². The van der Waals surface area contributed by atoms with E-state index in [1.807, 2.05) is 30.5 Å². The predicted molar refractivity (Wildman–Crippen MR) is 113 cm³/mol. The molecular weight excluding hydrogens is 374 g/mol. The molecule has 0 spiro atoms. The maximum atomic E-state index is 12.7. The average Bonchev–Trinajstić information content (AvgIpc) is 3.15. The molecule has 0 fully saturated rings. The third-order valence-corrected chi connectivity index (χ3v) is 5.05. The summed E-state index contributed by atoms with van der Waals surface area (Å²) in [6.07, 6.45) is 2.20. The van der Waals surface area contributed by atoms with Gasteiger partial charge in [0.05, 0.1) is 24.2 Å². The molecule has 0 aliphatic carbocycles. The van der Waals surface area contributed by atoms with E-state index in [0.29, 0.717) is 5.75 Å². The Morgan fingerprint density at radius 2 is 1.89 bits per heavy atom. The smallest absolute Gasteiger partial charge is 0.261 e. The number of aromatic amines is 1. The van der Waals surface area contributed by atoms with Gasteiger partial charge in [-0.25, -0.2) is 4.98 Å². The third kappa shape index (κ3) is 4.98. The fourth-order valence-electron chi connectivity index (χ4n) is 2.85. The summed E-state index contributed by atoms with van der Waals surface area (Å²) < 4.78 is 10.9. The first-order valence-corrected chi connectivity index (χ1v) is 10.5. The van der Waals surface area contributed by atoms with Crippen molar-refractivity contribution in [2.75, 3.05) is 19.1 Å². The van der Waals surface area contributed by atoms with Crippen LogP contribution in [0.3, 0.4) is 0 Å². The average molecular weight is 400 g/mol. The number of methoxy groups -OCH3 is 1. The minimum atomic E-state index is -0.630. The topological polar surface area (TPSA) is 76.2 Å². The lowest BCUT2D eigenvalue weighted by atomic mass is 10.2. The Balaban J connectivity index is 1.69. The lowest BCUT2D eigenvalue weighted by molar-refractivity contribution is -0.128. The Labute approximate surface area is 169 Å². The molecule has 0 unspecified atom stereocenters. The van der Waals surface area contributed by atoms with E-state index in [0.717, 1.165) is 34.8 Å². The number of carbonyl (C=O) groups excluding carboxylic acids is 1. The number of fused-ring (bicyclic) bond motifs is 1. The van der Waals surface area contributed by atoms with Crippen LogP contribution in [0, 0.1) is 0 Å². The molecule has 28 heavy (non-hydrogen) atoms. The Morgan fingerprint density at radius 3 is 2.57 bits per heavy atom. The van der Waals surface area contributed by atoms with E-state index in [4.69, 9.17) is 9.47 Å². The van der Waals surface area contributed by atoms with Gasteiger partial charge in [0.15, 0.2) is 6.10 Å². The summed E-state index contributed by atoms with van der Waals surface area (Å²) in [4.78, 5) is 20.7. The zero-order valence-corrected chi connectivity index (χ0v) is 17.1. The number of hydrogen-bond acceptors (Lipinski definition) is 5. The Morgan fingerprint density at radius 1 is 1.18 bits per heavy atom. The van der Waals surface area contributed by atoms with Crippen LogP contribution in [-0.4, -0.2) is 41.1 Å². The summed E-state index contributed by atoms with van der Waals surface area (Å²) in [5.41, 5.74) is 1.85. The molecule has 148 valence electrons. The van der Waals surface area contributed by atoms with Gasteiger partial charge in [-0.3, -0.25) is 4.79 Å². The van der Waals surface area contributed by atoms with Gasteiger partial charge in [0.2, 0.25) is 0 Å². The number of thioether (sulfide) groups is 1. The number of H-pyrrole nitrogens is 1. The second-order valence-electron chi connectivity index (χ2n) is 6.42. The van der Waals surface area contributed by atoms with Crippen molar-refractivity contribution in [3.8, 4) is 11.5 Å². The zero-order valence-electron chi connectivity index (χ0n) is 16.3. The van der Waals surface area contributed by atoms with E-state index < -0.39 is 6.10 Å². The van der Waals surface area contributed by atoms with Crippen LogP contribution in [0.4, 0.5) is 0 Å². The lowest BCUT2D eigenvalue weighted by Gasteiger charge is -2.20. The van der Waals surface area contributed by atoms with E-state index >= 15 is 0 Å². The van der Waals surface area contributed by atoms with Crippen LogP contribution >= 0.6 is 11.8 Å². The highest BCUT2D eigenvalue weighted by Gasteiger charge is 2.22. The number of hydrogen-bond donors (Lipinski definition) is 2. The minimum Gasteiger partial charge on any atom is -0.497 e. The normalized spacial score (nSPS) is 13.1. The number of nitrogens with one attached hydrogen (secondary N) is 2. The van der Waals surface area contributed by atoms with E-state index in [1.165, 1.54) is 0 Å². The molecule has 1 aromatic heterocycles. The molecule has 3 rings (SSSR count). The van der Waals surface area contributed by atoms with Crippen LogP contribution in [0.25, 0.3) is 11.0 Å². The number of rotatable bonds is 9. The summed E-state index contributed by atoms with van der Waals surface area (Å²) >= 11 is 1.74. The predicted octanol–water partition coefficient (Wildman–Crippen LogP) is 3.95. The zero-order chi connectivity index (χ0) is 19.9.